The normalized spacial score (nSPS) is 12.3. The summed E-state index contributed by atoms with van der Waals surface area (Å²) >= 11 is 0. The summed E-state index contributed by atoms with van der Waals surface area (Å²) in [6.07, 6.45) is 1.44. The van der Waals surface area contributed by atoms with Gasteiger partial charge in [0, 0.05) is 24.1 Å². The molecule has 7 heteroatoms. The Labute approximate surface area is 169 Å². The number of hydrogen-bond donors (Lipinski definition) is 0. The van der Waals surface area contributed by atoms with Crippen LogP contribution in [0.3, 0.4) is 0 Å². The third kappa shape index (κ3) is 5.39. The Bertz CT molecular complexity index is 985. The van der Waals surface area contributed by atoms with Crippen molar-refractivity contribution >= 4 is 17.8 Å². The zero-order valence-corrected chi connectivity index (χ0v) is 16.9. The standard InChI is InChI=1S/C22H23FN2O4/c1-14-8-18(16(3)25(14)15(2)12-28-4)9-19(11-24)22(27)29-13-21(26)17-6-5-7-20(23)10-17/h5-10,15H,12-13H2,1-4H3/b19-9+/t15-/m0/s1. The van der Waals surface area contributed by atoms with E-state index < -0.39 is 24.2 Å². The molecule has 0 fully saturated rings. The second-order valence-electron chi connectivity index (χ2n) is 6.68. The second kappa shape index (κ2) is 9.80. The molecule has 0 aliphatic heterocycles. The lowest BCUT2D eigenvalue weighted by Crippen LogP contribution is -2.15. The van der Waals surface area contributed by atoms with Gasteiger partial charge in [-0.3, -0.25) is 4.79 Å². The number of esters is 1. The number of aryl methyl sites for hydroxylation is 1. The maximum atomic E-state index is 13.2. The molecule has 0 saturated heterocycles. The molecule has 0 radical (unpaired) electrons. The number of nitrogens with zero attached hydrogens (tertiary/aromatic N) is 2. The van der Waals surface area contributed by atoms with Crippen molar-refractivity contribution in [3.05, 3.63) is 64.2 Å². The van der Waals surface area contributed by atoms with Crippen molar-refractivity contribution in [2.45, 2.75) is 26.8 Å². The third-order valence-electron chi connectivity index (χ3n) is 4.49. The van der Waals surface area contributed by atoms with E-state index in [0.717, 1.165) is 17.5 Å². The predicted molar refractivity (Wildman–Crippen MR) is 106 cm³/mol. The van der Waals surface area contributed by atoms with Crippen molar-refractivity contribution in [2.75, 3.05) is 20.3 Å². The summed E-state index contributed by atoms with van der Waals surface area (Å²) in [4.78, 5) is 24.3. The second-order valence-corrected chi connectivity index (χ2v) is 6.68. The predicted octanol–water partition coefficient (Wildman–Crippen LogP) is 3.78. The first-order valence-electron chi connectivity index (χ1n) is 9.03. The number of methoxy groups -OCH3 is 1. The van der Waals surface area contributed by atoms with Gasteiger partial charge in [0.25, 0.3) is 0 Å². The average Bonchev–Trinajstić information content (AvgIpc) is 2.97. The summed E-state index contributed by atoms with van der Waals surface area (Å²) in [5.41, 5.74) is 2.41. The van der Waals surface area contributed by atoms with Crippen LogP contribution in [-0.2, 0) is 14.3 Å². The molecule has 2 rings (SSSR count). The maximum Gasteiger partial charge on any atom is 0.349 e. The van der Waals surface area contributed by atoms with E-state index in [2.05, 4.69) is 4.57 Å². The molecular formula is C22H23FN2O4. The fourth-order valence-corrected chi connectivity index (χ4v) is 3.19. The topological polar surface area (TPSA) is 81.3 Å². The summed E-state index contributed by atoms with van der Waals surface area (Å²) in [5.74, 6) is -2.02. The van der Waals surface area contributed by atoms with E-state index in [-0.39, 0.29) is 17.2 Å². The average molecular weight is 398 g/mol. The lowest BCUT2D eigenvalue weighted by Gasteiger charge is -2.17. The number of ketones is 1. The molecule has 0 aliphatic rings. The zero-order valence-electron chi connectivity index (χ0n) is 16.9. The van der Waals surface area contributed by atoms with Gasteiger partial charge < -0.3 is 14.0 Å². The van der Waals surface area contributed by atoms with Gasteiger partial charge in [0.05, 0.1) is 12.6 Å². The molecule has 0 amide bonds. The first kappa shape index (κ1) is 22.1. The number of halogens is 1. The van der Waals surface area contributed by atoms with Crippen molar-refractivity contribution in [1.82, 2.24) is 4.57 Å². The number of ether oxygens (including phenoxy) is 2. The molecule has 0 spiro atoms. The van der Waals surface area contributed by atoms with Crippen molar-refractivity contribution in [3.8, 4) is 6.07 Å². The van der Waals surface area contributed by atoms with E-state index in [0.29, 0.717) is 12.2 Å². The van der Waals surface area contributed by atoms with E-state index in [1.807, 2.05) is 32.9 Å². The van der Waals surface area contributed by atoms with E-state index in [9.17, 15) is 19.2 Å². The van der Waals surface area contributed by atoms with Crippen LogP contribution in [0.25, 0.3) is 6.08 Å². The molecule has 6 nitrogen and oxygen atoms in total. The van der Waals surface area contributed by atoms with Crippen molar-refractivity contribution < 1.29 is 23.5 Å². The van der Waals surface area contributed by atoms with E-state index in [1.54, 1.807) is 7.11 Å². The van der Waals surface area contributed by atoms with Crippen molar-refractivity contribution in [1.29, 1.82) is 5.26 Å². The minimum atomic E-state index is -0.910. The number of nitriles is 1. The van der Waals surface area contributed by atoms with E-state index >= 15 is 0 Å². The highest BCUT2D eigenvalue weighted by atomic mass is 19.1. The highest BCUT2D eigenvalue weighted by Crippen LogP contribution is 2.23. The van der Waals surface area contributed by atoms with Gasteiger partial charge >= 0.3 is 5.97 Å². The van der Waals surface area contributed by atoms with Crippen LogP contribution in [0.2, 0.25) is 0 Å². The number of carbonyl (C=O) groups excluding carboxylic acids is 2. The van der Waals surface area contributed by atoms with Crippen LogP contribution in [0.15, 0.2) is 35.9 Å². The fourth-order valence-electron chi connectivity index (χ4n) is 3.19. The minimum Gasteiger partial charge on any atom is -0.453 e. The molecule has 1 aromatic carbocycles. The van der Waals surface area contributed by atoms with Gasteiger partial charge in [-0.25, -0.2) is 9.18 Å². The Kier molecular flexibility index (Phi) is 7.46. The lowest BCUT2D eigenvalue weighted by molar-refractivity contribution is -0.137. The van der Waals surface area contributed by atoms with Crippen LogP contribution in [0.1, 0.15) is 40.3 Å². The smallest absolute Gasteiger partial charge is 0.349 e. The number of aromatic nitrogens is 1. The maximum absolute atomic E-state index is 13.2. The van der Waals surface area contributed by atoms with Crippen molar-refractivity contribution in [2.24, 2.45) is 0 Å². The third-order valence-corrected chi connectivity index (χ3v) is 4.49. The largest absolute Gasteiger partial charge is 0.453 e. The lowest BCUT2D eigenvalue weighted by atomic mass is 10.1. The van der Waals surface area contributed by atoms with Gasteiger partial charge in [-0.15, -0.1) is 0 Å². The van der Waals surface area contributed by atoms with Crippen LogP contribution in [-0.4, -0.2) is 36.6 Å². The summed E-state index contributed by atoms with van der Waals surface area (Å²) < 4.78 is 25.4. The molecule has 0 bridgehead atoms. The van der Waals surface area contributed by atoms with Crippen molar-refractivity contribution in [3.63, 3.8) is 0 Å². The van der Waals surface area contributed by atoms with Crippen LogP contribution in [0.5, 0.6) is 0 Å². The molecule has 1 atom stereocenters. The molecule has 152 valence electrons. The van der Waals surface area contributed by atoms with Crippen LogP contribution >= 0.6 is 0 Å². The Morgan fingerprint density at radius 2 is 2.03 bits per heavy atom. The van der Waals surface area contributed by atoms with Crippen LogP contribution in [0, 0.1) is 31.0 Å². The first-order chi connectivity index (χ1) is 13.8. The number of Topliss-reactive ketones (excluding diaryl/α,β-unsaturated/α-hetero) is 1. The van der Waals surface area contributed by atoms with Gasteiger partial charge in [0.15, 0.2) is 12.4 Å². The fraction of sp³-hybridized carbons (Fsp3) is 0.318. The zero-order chi connectivity index (χ0) is 21.6. The first-order valence-corrected chi connectivity index (χ1v) is 9.03. The highest BCUT2D eigenvalue weighted by molar-refractivity contribution is 6.02. The van der Waals surface area contributed by atoms with Crippen LogP contribution < -0.4 is 0 Å². The Balaban J connectivity index is 2.15. The summed E-state index contributed by atoms with van der Waals surface area (Å²) in [5, 5.41) is 9.36. The SMILES string of the molecule is COC[C@H](C)n1c(C)cc(/C=C(\C#N)C(=O)OCC(=O)c2cccc(F)c2)c1C. The highest BCUT2D eigenvalue weighted by Gasteiger charge is 2.18. The molecule has 2 aromatic rings. The summed E-state index contributed by atoms with van der Waals surface area (Å²) in [6, 6.07) is 8.86. The summed E-state index contributed by atoms with van der Waals surface area (Å²) in [6.45, 7) is 5.77. The quantitative estimate of drug-likeness (QED) is 0.293. The van der Waals surface area contributed by atoms with E-state index in [4.69, 9.17) is 9.47 Å². The molecule has 1 heterocycles. The molecular weight excluding hydrogens is 375 g/mol. The minimum absolute atomic E-state index is 0.0866. The molecule has 0 aliphatic carbocycles. The molecule has 0 saturated carbocycles. The Hall–Kier alpha value is -3.24. The monoisotopic (exact) mass is 398 g/mol. The van der Waals surface area contributed by atoms with Gasteiger partial charge in [-0.05, 0) is 50.6 Å². The number of rotatable bonds is 8. The number of carbonyl (C=O) groups is 2. The van der Waals surface area contributed by atoms with Gasteiger partial charge in [-0.1, -0.05) is 12.1 Å². The molecule has 1 aromatic heterocycles. The Morgan fingerprint density at radius 1 is 1.31 bits per heavy atom. The number of benzene rings is 1. The Morgan fingerprint density at radius 3 is 2.66 bits per heavy atom. The molecule has 0 N–H and O–H groups in total. The molecule has 0 unspecified atom stereocenters. The van der Waals surface area contributed by atoms with E-state index in [1.165, 1.54) is 24.3 Å². The van der Waals surface area contributed by atoms with Crippen LogP contribution in [0.4, 0.5) is 4.39 Å². The number of hydrogen-bond acceptors (Lipinski definition) is 5. The van der Waals surface area contributed by atoms with Gasteiger partial charge in [0.2, 0.25) is 0 Å². The van der Waals surface area contributed by atoms with Gasteiger partial charge in [0.1, 0.15) is 17.5 Å². The van der Waals surface area contributed by atoms with Gasteiger partial charge in [-0.2, -0.15) is 5.26 Å². The molecule has 29 heavy (non-hydrogen) atoms. The summed E-state index contributed by atoms with van der Waals surface area (Å²) in [7, 11) is 1.63.